The van der Waals surface area contributed by atoms with Gasteiger partial charge in [-0.15, -0.1) is 0 Å². The lowest BCUT2D eigenvalue weighted by molar-refractivity contribution is 0.373. The monoisotopic (exact) mass is 327 g/mol. The van der Waals surface area contributed by atoms with Gasteiger partial charge in [0.25, 0.3) is 0 Å². The second-order valence-corrected chi connectivity index (χ2v) is 5.96. The predicted octanol–water partition coefficient (Wildman–Crippen LogP) is 4.72. The molecule has 1 aliphatic carbocycles. The van der Waals surface area contributed by atoms with Gasteiger partial charge in [0.2, 0.25) is 0 Å². The summed E-state index contributed by atoms with van der Waals surface area (Å²) in [5, 5.41) is 18.6. The Balaban J connectivity index is 1.94. The molecule has 0 atom stereocenters. The van der Waals surface area contributed by atoms with Gasteiger partial charge in [0.1, 0.15) is 0 Å². The summed E-state index contributed by atoms with van der Waals surface area (Å²) in [6, 6.07) is 21.3. The largest absolute Gasteiger partial charge is 0.504 e. The Hall–Kier alpha value is -3.33. The molecular formula is C22H17NO2. The number of rotatable bonds is 2. The first kappa shape index (κ1) is 15.2. The second-order valence-electron chi connectivity index (χ2n) is 5.96. The minimum atomic E-state index is 0.113. The third-order valence-electron chi connectivity index (χ3n) is 4.49. The summed E-state index contributed by atoms with van der Waals surface area (Å²) in [6.07, 6.45) is 2.04. The summed E-state index contributed by atoms with van der Waals surface area (Å²) in [7, 11) is 1.53. The van der Waals surface area contributed by atoms with Gasteiger partial charge in [0.05, 0.1) is 12.8 Å². The Morgan fingerprint density at radius 1 is 0.840 bits per heavy atom. The van der Waals surface area contributed by atoms with Crippen LogP contribution in [0.15, 0.2) is 66.7 Å². The van der Waals surface area contributed by atoms with Crippen LogP contribution >= 0.6 is 0 Å². The smallest absolute Gasteiger partial charge is 0.160 e. The molecule has 25 heavy (non-hydrogen) atoms. The van der Waals surface area contributed by atoms with Crippen LogP contribution in [-0.4, -0.2) is 17.9 Å². The predicted molar refractivity (Wildman–Crippen MR) is 100 cm³/mol. The summed E-state index contributed by atoms with van der Waals surface area (Å²) in [5.74, 6) is 0.565. The van der Waals surface area contributed by atoms with Crippen LogP contribution in [0.5, 0.6) is 11.5 Å². The lowest BCUT2D eigenvalue weighted by Crippen LogP contribution is -2.14. The van der Waals surface area contributed by atoms with E-state index in [-0.39, 0.29) is 5.75 Å². The van der Waals surface area contributed by atoms with E-state index in [2.05, 4.69) is 0 Å². The van der Waals surface area contributed by atoms with Gasteiger partial charge in [-0.2, -0.15) is 0 Å². The molecule has 3 aromatic carbocycles. The summed E-state index contributed by atoms with van der Waals surface area (Å²) in [4.78, 5) is 0. The topological polar surface area (TPSA) is 53.3 Å². The molecule has 0 unspecified atom stereocenters. The van der Waals surface area contributed by atoms with Crippen molar-refractivity contribution < 1.29 is 9.84 Å². The van der Waals surface area contributed by atoms with Gasteiger partial charge in [0.15, 0.2) is 11.5 Å². The summed E-state index contributed by atoms with van der Waals surface area (Å²) in [5.41, 5.74) is 6.37. The maximum atomic E-state index is 10.1. The van der Waals surface area contributed by atoms with E-state index < -0.39 is 0 Å². The first-order valence-electron chi connectivity index (χ1n) is 8.06. The number of ether oxygens (including phenoxy) is 1. The van der Waals surface area contributed by atoms with Gasteiger partial charge in [-0.05, 0) is 40.5 Å². The number of phenols is 1. The van der Waals surface area contributed by atoms with Crippen LogP contribution in [0.4, 0.5) is 0 Å². The molecule has 0 radical (unpaired) electrons. The Bertz CT molecular complexity index is 967. The Labute approximate surface area is 146 Å². The van der Waals surface area contributed by atoms with Crippen LogP contribution in [0.3, 0.4) is 0 Å². The fourth-order valence-electron chi connectivity index (χ4n) is 3.28. The maximum absolute atomic E-state index is 10.1. The van der Waals surface area contributed by atoms with Gasteiger partial charge in [0, 0.05) is 11.1 Å². The summed E-state index contributed by atoms with van der Waals surface area (Å²) in [6.45, 7) is 0. The highest BCUT2D eigenvalue weighted by molar-refractivity contribution is 6.21. The average Bonchev–Trinajstić information content (AvgIpc) is 2.65. The van der Waals surface area contributed by atoms with E-state index in [9.17, 15) is 5.11 Å². The molecule has 0 spiro atoms. The van der Waals surface area contributed by atoms with Crippen LogP contribution in [0, 0.1) is 5.41 Å². The van der Waals surface area contributed by atoms with E-state index in [1.165, 1.54) is 7.11 Å². The Morgan fingerprint density at radius 2 is 1.40 bits per heavy atom. The number of nitrogens with one attached hydrogen (secondary N) is 1. The zero-order valence-electron chi connectivity index (χ0n) is 13.8. The van der Waals surface area contributed by atoms with Gasteiger partial charge >= 0.3 is 0 Å². The molecule has 2 N–H and O–H groups in total. The van der Waals surface area contributed by atoms with E-state index in [1.807, 2.05) is 60.7 Å². The summed E-state index contributed by atoms with van der Waals surface area (Å²) >= 11 is 0. The Morgan fingerprint density at radius 3 is 1.92 bits per heavy atom. The standard InChI is InChI=1S/C22H17NO2/c1-25-21-11-10-14(13-20(21)24)12-19-15-6-2-4-8-17(15)22(23)18-9-5-3-7-16(18)19/h2-13,23-24H,1H3. The maximum Gasteiger partial charge on any atom is 0.160 e. The van der Waals surface area contributed by atoms with Crippen molar-refractivity contribution in [2.45, 2.75) is 0 Å². The molecule has 3 aromatic rings. The lowest BCUT2D eigenvalue weighted by Gasteiger charge is -2.23. The molecule has 0 heterocycles. The molecule has 0 saturated heterocycles. The molecule has 3 heteroatoms. The Kier molecular flexibility index (Phi) is 3.62. The minimum absolute atomic E-state index is 0.113. The number of hydrogen-bond donors (Lipinski definition) is 2. The molecule has 0 aromatic heterocycles. The molecule has 3 nitrogen and oxygen atoms in total. The van der Waals surface area contributed by atoms with Crippen molar-refractivity contribution in [2.75, 3.05) is 7.11 Å². The van der Waals surface area contributed by atoms with E-state index >= 15 is 0 Å². The molecule has 0 saturated carbocycles. The minimum Gasteiger partial charge on any atom is -0.504 e. The fourth-order valence-corrected chi connectivity index (χ4v) is 3.28. The number of hydrogen-bond acceptors (Lipinski definition) is 3. The number of methoxy groups -OCH3 is 1. The van der Waals surface area contributed by atoms with Crippen LogP contribution in [0.25, 0.3) is 11.6 Å². The first-order valence-corrected chi connectivity index (χ1v) is 8.06. The SMILES string of the molecule is COc1ccc(C=C2c3ccccc3C(=N)c3ccccc32)cc1O. The van der Waals surface area contributed by atoms with Crippen molar-refractivity contribution in [3.63, 3.8) is 0 Å². The number of fused-ring (bicyclic) bond motifs is 2. The molecule has 122 valence electrons. The zero-order chi connectivity index (χ0) is 17.4. The molecule has 0 fully saturated rings. The molecule has 0 amide bonds. The highest BCUT2D eigenvalue weighted by atomic mass is 16.5. The highest BCUT2D eigenvalue weighted by Crippen LogP contribution is 2.37. The van der Waals surface area contributed by atoms with Crippen molar-refractivity contribution in [2.24, 2.45) is 0 Å². The van der Waals surface area contributed by atoms with Gasteiger partial charge in [-0.25, -0.2) is 0 Å². The number of benzene rings is 3. The first-order chi connectivity index (χ1) is 12.2. The van der Waals surface area contributed by atoms with Crippen molar-refractivity contribution in [3.8, 4) is 11.5 Å². The fraction of sp³-hybridized carbons (Fsp3) is 0.0455. The second kappa shape index (κ2) is 5.95. The van der Waals surface area contributed by atoms with Gasteiger partial charge in [-0.3, -0.25) is 5.41 Å². The number of aromatic hydroxyl groups is 1. The molecule has 1 aliphatic rings. The zero-order valence-corrected chi connectivity index (χ0v) is 13.8. The van der Waals surface area contributed by atoms with E-state index in [0.29, 0.717) is 11.5 Å². The highest BCUT2D eigenvalue weighted by Gasteiger charge is 2.23. The van der Waals surface area contributed by atoms with Crippen molar-refractivity contribution in [3.05, 3.63) is 94.5 Å². The van der Waals surface area contributed by atoms with Crippen molar-refractivity contribution in [1.82, 2.24) is 0 Å². The molecule has 0 bridgehead atoms. The van der Waals surface area contributed by atoms with Gasteiger partial charge < -0.3 is 9.84 Å². The van der Waals surface area contributed by atoms with E-state index in [1.54, 1.807) is 12.1 Å². The normalized spacial score (nSPS) is 12.4. The van der Waals surface area contributed by atoms with Crippen LogP contribution < -0.4 is 4.74 Å². The molecular weight excluding hydrogens is 310 g/mol. The van der Waals surface area contributed by atoms with E-state index in [4.69, 9.17) is 10.1 Å². The molecule has 0 aliphatic heterocycles. The van der Waals surface area contributed by atoms with Crippen LogP contribution in [0.1, 0.15) is 27.8 Å². The van der Waals surface area contributed by atoms with Gasteiger partial charge in [-0.1, -0.05) is 54.6 Å². The van der Waals surface area contributed by atoms with Crippen LogP contribution in [-0.2, 0) is 0 Å². The van der Waals surface area contributed by atoms with Crippen LogP contribution in [0.2, 0.25) is 0 Å². The molecule has 4 rings (SSSR count). The van der Waals surface area contributed by atoms with Crippen molar-refractivity contribution in [1.29, 1.82) is 5.41 Å². The average molecular weight is 327 g/mol. The quantitative estimate of drug-likeness (QED) is 0.560. The van der Waals surface area contributed by atoms with Crippen molar-refractivity contribution >= 4 is 17.4 Å². The number of phenolic OH excluding ortho intramolecular Hbond substituents is 1. The lowest BCUT2D eigenvalue weighted by atomic mass is 9.80. The third kappa shape index (κ3) is 2.50. The summed E-state index contributed by atoms with van der Waals surface area (Å²) < 4.78 is 5.12. The van der Waals surface area contributed by atoms with E-state index in [0.717, 1.165) is 33.4 Å². The third-order valence-corrected chi connectivity index (χ3v) is 4.49.